The monoisotopic (exact) mass is 233 g/mol. The van der Waals surface area contributed by atoms with Gasteiger partial charge in [0.05, 0.1) is 12.7 Å². The number of morpholine rings is 1. The van der Waals surface area contributed by atoms with Crippen molar-refractivity contribution in [2.45, 2.75) is 12.5 Å². The maximum absolute atomic E-state index is 5.74. The average molecular weight is 233 g/mol. The van der Waals surface area contributed by atoms with Gasteiger partial charge in [-0.2, -0.15) is 0 Å². The highest BCUT2D eigenvalue weighted by molar-refractivity contribution is 7.17. The summed E-state index contributed by atoms with van der Waals surface area (Å²) in [5.74, 6) is 0. The molecule has 0 aliphatic carbocycles. The smallest absolute Gasteiger partial charge is 0.0740 e. The van der Waals surface area contributed by atoms with Crippen LogP contribution in [0.25, 0.3) is 10.1 Å². The minimum Gasteiger partial charge on any atom is -0.375 e. The van der Waals surface area contributed by atoms with Gasteiger partial charge in [0.1, 0.15) is 0 Å². The fourth-order valence-corrected chi connectivity index (χ4v) is 3.16. The summed E-state index contributed by atoms with van der Waals surface area (Å²) >= 11 is 1.83. The van der Waals surface area contributed by atoms with Crippen LogP contribution >= 0.6 is 11.3 Å². The van der Waals surface area contributed by atoms with Crippen LogP contribution in [0.1, 0.15) is 5.56 Å². The third-order valence-electron chi connectivity index (χ3n) is 3.01. The molecule has 0 amide bonds. The van der Waals surface area contributed by atoms with Crippen LogP contribution in [0.15, 0.2) is 29.6 Å². The van der Waals surface area contributed by atoms with Gasteiger partial charge in [-0.05, 0) is 22.4 Å². The van der Waals surface area contributed by atoms with Crippen molar-refractivity contribution >= 4 is 21.4 Å². The molecule has 2 nitrogen and oxygen atoms in total. The van der Waals surface area contributed by atoms with Gasteiger partial charge < -0.3 is 10.1 Å². The Morgan fingerprint density at radius 2 is 2.31 bits per heavy atom. The molecule has 1 saturated heterocycles. The average Bonchev–Trinajstić information content (AvgIpc) is 2.74. The van der Waals surface area contributed by atoms with E-state index < -0.39 is 0 Å². The molecule has 1 aromatic heterocycles. The van der Waals surface area contributed by atoms with E-state index in [1.165, 1.54) is 15.6 Å². The zero-order valence-corrected chi connectivity index (χ0v) is 9.93. The highest BCUT2D eigenvalue weighted by Crippen LogP contribution is 2.27. The summed E-state index contributed by atoms with van der Waals surface area (Å²) in [4.78, 5) is 0. The molecule has 0 saturated carbocycles. The Kier molecular flexibility index (Phi) is 2.91. The Labute approximate surface area is 99.2 Å². The topological polar surface area (TPSA) is 21.3 Å². The maximum atomic E-state index is 5.74. The van der Waals surface area contributed by atoms with Gasteiger partial charge >= 0.3 is 0 Å². The van der Waals surface area contributed by atoms with Gasteiger partial charge in [0.15, 0.2) is 0 Å². The largest absolute Gasteiger partial charge is 0.375 e. The van der Waals surface area contributed by atoms with Gasteiger partial charge in [0.2, 0.25) is 0 Å². The predicted molar refractivity (Wildman–Crippen MR) is 68.1 cm³/mol. The van der Waals surface area contributed by atoms with Crippen molar-refractivity contribution < 1.29 is 4.74 Å². The Hall–Kier alpha value is -0.900. The van der Waals surface area contributed by atoms with Gasteiger partial charge in [0, 0.05) is 24.2 Å². The van der Waals surface area contributed by atoms with Crippen molar-refractivity contribution in [1.82, 2.24) is 5.32 Å². The first-order chi connectivity index (χ1) is 7.93. The Bertz CT molecular complexity index is 473. The summed E-state index contributed by atoms with van der Waals surface area (Å²) in [6.45, 7) is 2.80. The molecule has 0 spiro atoms. The van der Waals surface area contributed by atoms with Crippen LogP contribution in [-0.2, 0) is 11.2 Å². The van der Waals surface area contributed by atoms with Crippen LogP contribution in [-0.4, -0.2) is 25.8 Å². The Balaban J connectivity index is 1.83. The van der Waals surface area contributed by atoms with E-state index in [-0.39, 0.29) is 0 Å². The molecule has 0 bridgehead atoms. The van der Waals surface area contributed by atoms with E-state index in [9.17, 15) is 0 Å². The molecular weight excluding hydrogens is 218 g/mol. The lowest BCUT2D eigenvalue weighted by Crippen LogP contribution is -2.39. The molecule has 3 rings (SSSR count). The lowest BCUT2D eigenvalue weighted by Gasteiger charge is -2.23. The summed E-state index contributed by atoms with van der Waals surface area (Å²) in [7, 11) is 0. The SMILES string of the molecule is c1ccc2c(CC3CNCCO3)csc2c1. The lowest BCUT2D eigenvalue weighted by atomic mass is 10.1. The standard InChI is InChI=1S/C13H15NOS/c1-2-4-13-12(3-1)10(9-16-13)7-11-8-14-5-6-15-11/h1-4,9,11,14H,5-8H2. The minimum absolute atomic E-state index is 0.340. The second-order valence-corrected chi connectivity index (χ2v) is 5.07. The number of hydrogen-bond acceptors (Lipinski definition) is 3. The Morgan fingerprint density at radius 3 is 3.19 bits per heavy atom. The van der Waals surface area contributed by atoms with E-state index >= 15 is 0 Å². The zero-order valence-electron chi connectivity index (χ0n) is 9.11. The van der Waals surface area contributed by atoms with Crippen molar-refractivity contribution in [2.75, 3.05) is 19.7 Å². The molecule has 16 heavy (non-hydrogen) atoms. The van der Waals surface area contributed by atoms with Gasteiger partial charge in [0.25, 0.3) is 0 Å². The van der Waals surface area contributed by atoms with Crippen LogP contribution in [0.4, 0.5) is 0 Å². The van der Waals surface area contributed by atoms with Gasteiger partial charge in [-0.3, -0.25) is 0 Å². The molecule has 1 unspecified atom stereocenters. The van der Waals surface area contributed by atoms with E-state index in [0.717, 1.165) is 26.1 Å². The Morgan fingerprint density at radius 1 is 1.38 bits per heavy atom. The van der Waals surface area contributed by atoms with E-state index in [0.29, 0.717) is 6.10 Å². The molecule has 1 fully saturated rings. The van der Waals surface area contributed by atoms with Crippen molar-refractivity contribution in [1.29, 1.82) is 0 Å². The highest BCUT2D eigenvalue weighted by atomic mass is 32.1. The van der Waals surface area contributed by atoms with Gasteiger partial charge in [-0.15, -0.1) is 11.3 Å². The summed E-state index contributed by atoms with van der Waals surface area (Å²) in [5.41, 5.74) is 1.43. The van der Waals surface area contributed by atoms with E-state index in [1.807, 2.05) is 11.3 Å². The van der Waals surface area contributed by atoms with Crippen LogP contribution in [0, 0.1) is 0 Å². The van der Waals surface area contributed by atoms with Crippen LogP contribution in [0.5, 0.6) is 0 Å². The second-order valence-electron chi connectivity index (χ2n) is 4.16. The van der Waals surface area contributed by atoms with Crippen LogP contribution in [0.3, 0.4) is 0 Å². The fraction of sp³-hybridized carbons (Fsp3) is 0.385. The molecule has 0 radical (unpaired) electrons. The van der Waals surface area contributed by atoms with Crippen molar-refractivity contribution in [2.24, 2.45) is 0 Å². The molecule has 2 heterocycles. The van der Waals surface area contributed by atoms with E-state index in [1.54, 1.807) is 0 Å². The normalized spacial score (nSPS) is 21.4. The number of benzene rings is 1. The molecule has 1 aliphatic heterocycles. The summed E-state index contributed by atoms with van der Waals surface area (Å²) in [5, 5.41) is 7.03. The first-order valence-corrected chi connectivity index (χ1v) is 6.59. The van der Waals surface area contributed by atoms with Crippen molar-refractivity contribution in [3.05, 3.63) is 35.2 Å². The number of hydrogen-bond donors (Lipinski definition) is 1. The van der Waals surface area contributed by atoms with Crippen molar-refractivity contribution in [3.63, 3.8) is 0 Å². The van der Waals surface area contributed by atoms with Gasteiger partial charge in [-0.1, -0.05) is 18.2 Å². The van der Waals surface area contributed by atoms with Crippen molar-refractivity contribution in [3.8, 4) is 0 Å². The van der Waals surface area contributed by atoms with Gasteiger partial charge in [-0.25, -0.2) is 0 Å². The molecule has 2 aromatic rings. The lowest BCUT2D eigenvalue weighted by molar-refractivity contribution is 0.0295. The van der Waals surface area contributed by atoms with E-state index in [2.05, 4.69) is 35.0 Å². The molecule has 1 atom stereocenters. The molecule has 1 aromatic carbocycles. The summed E-state index contributed by atoms with van der Waals surface area (Å²) in [6.07, 6.45) is 1.36. The number of ether oxygens (including phenoxy) is 1. The highest BCUT2D eigenvalue weighted by Gasteiger charge is 2.15. The minimum atomic E-state index is 0.340. The summed E-state index contributed by atoms with van der Waals surface area (Å²) in [6, 6.07) is 8.60. The number of rotatable bonds is 2. The molecule has 1 aliphatic rings. The summed E-state index contributed by atoms with van der Waals surface area (Å²) < 4.78 is 7.12. The number of nitrogens with one attached hydrogen (secondary N) is 1. The first kappa shape index (κ1) is 10.3. The number of thiophene rings is 1. The molecule has 84 valence electrons. The predicted octanol–water partition coefficient (Wildman–Crippen LogP) is 2.43. The molecule has 1 N–H and O–H groups in total. The third kappa shape index (κ3) is 1.98. The van der Waals surface area contributed by atoms with Crippen LogP contribution in [0.2, 0.25) is 0 Å². The van der Waals surface area contributed by atoms with E-state index in [4.69, 9.17) is 4.74 Å². The maximum Gasteiger partial charge on any atom is 0.0740 e. The molecular formula is C13H15NOS. The fourth-order valence-electron chi connectivity index (χ4n) is 2.19. The first-order valence-electron chi connectivity index (χ1n) is 5.71. The molecule has 3 heteroatoms. The quantitative estimate of drug-likeness (QED) is 0.860. The second kappa shape index (κ2) is 4.53. The third-order valence-corrected chi connectivity index (χ3v) is 4.03. The number of fused-ring (bicyclic) bond motifs is 1. The zero-order chi connectivity index (χ0) is 10.8. The van der Waals surface area contributed by atoms with Crippen LogP contribution < -0.4 is 5.32 Å².